The number of phenolic OH excluding ortho intramolecular Hbond substituents is 1. The number of carbonyl (C=O) groups is 1. The highest BCUT2D eigenvalue weighted by Crippen LogP contribution is 2.31. The third kappa shape index (κ3) is 5.03. The molecule has 0 aromatic heterocycles. The van der Waals surface area contributed by atoms with E-state index in [4.69, 9.17) is 5.73 Å². The van der Waals surface area contributed by atoms with Crippen LogP contribution in [0.3, 0.4) is 0 Å². The number of fused-ring (bicyclic) bond motifs is 1. The van der Waals surface area contributed by atoms with Crippen molar-refractivity contribution in [1.82, 2.24) is 5.32 Å². The Morgan fingerprint density at radius 1 is 1.06 bits per heavy atom. The van der Waals surface area contributed by atoms with E-state index in [-0.39, 0.29) is 17.7 Å². The van der Waals surface area contributed by atoms with Crippen LogP contribution >= 0.6 is 0 Å². The Hall–Kier alpha value is -3.11. The molecule has 0 spiro atoms. The lowest BCUT2D eigenvalue weighted by Gasteiger charge is -2.28. The highest BCUT2D eigenvalue weighted by Gasteiger charge is 2.25. The molecule has 1 aliphatic carbocycles. The maximum atomic E-state index is 13.0. The summed E-state index contributed by atoms with van der Waals surface area (Å²) >= 11 is 0. The molecule has 0 heterocycles. The molecule has 32 heavy (non-hydrogen) atoms. The molecule has 0 unspecified atom stereocenters. The first-order chi connectivity index (χ1) is 15.4. The zero-order chi connectivity index (χ0) is 22.7. The Balaban J connectivity index is 1.48. The van der Waals surface area contributed by atoms with Crippen LogP contribution in [0.5, 0.6) is 5.75 Å². The minimum absolute atomic E-state index is 0.00460. The number of nitrogens with two attached hydrogens (primary N) is 1. The Bertz CT molecular complexity index is 1080. The summed E-state index contributed by atoms with van der Waals surface area (Å²) < 4.78 is 0. The van der Waals surface area contributed by atoms with Crippen LogP contribution < -0.4 is 11.1 Å². The van der Waals surface area contributed by atoms with E-state index in [1.54, 1.807) is 12.1 Å². The molecular formula is C28H32N2O2. The van der Waals surface area contributed by atoms with Crippen molar-refractivity contribution in [3.8, 4) is 5.75 Å². The van der Waals surface area contributed by atoms with Crippen LogP contribution in [0.15, 0.2) is 60.7 Å². The number of aromatic hydroxyl groups is 1. The first kappa shape index (κ1) is 22.1. The Labute approximate surface area is 190 Å². The number of nitrogens with one attached hydrogen (secondary N) is 1. The summed E-state index contributed by atoms with van der Waals surface area (Å²) in [5, 5.41) is 13.0. The quantitative estimate of drug-likeness (QED) is 0.534. The number of hydrogen-bond acceptors (Lipinski definition) is 3. The number of rotatable bonds is 6. The summed E-state index contributed by atoms with van der Waals surface area (Å²) in [6.45, 7) is 3.89. The number of benzene rings is 3. The van der Waals surface area contributed by atoms with Crippen LogP contribution in [0.2, 0.25) is 0 Å². The summed E-state index contributed by atoms with van der Waals surface area (Å²) in [7, 11) is 0. The molecule has 166 valence electrons. The van der Waals surface area contributed by atoms with Crippen molar-refractivity contribution in [3.05, 3.63) is 99.6 Å². The smallest absolute Gasteiger partial charge is 0.237 e. The van der Waals surface area contributed by atoms with Crippen LogP contribution in [-0.2, 0) is 24.1 Å². The largest absolute Gasteiger partial charge is 0.508 e. The molecule has 0 saturated heterocycles. The van der Waals surface area contributed by atoms with Crippen LogP contribution in [0.1, 0.15) is 57.8 Å². The van der Waals surface area contributed by atoms with Gasteiger partial charge >= 0.3 is 0 Å². The molecule has 4 N–H and O–H groups in total. The van der Waals surface area contributed by atoms with E-state index in [1.165, 1.54) is 22.3 Å². The minimum atomic E-state index is -0.630. The SMILES string of the molecule is Cc1cc(O)cc(C)c1C[C@H](N)C(=O)N[C@@H]1CCCc2ccc(Cc3ccccc3)cc21. The standard InChI is InChI=1S/C28H32N2O2/c1-18-13-23(31)14-19(2)24(18)17-26(29)28(32)30-27-10-6-9-22-12-11-21(16-25(22)27)15-20-7-4-3-5-8-20/h3-5,7-8,11-14,16,26-27,31H,6,9-10,15,17,29H2,1-2H3,(H,30,32)/t26-,27+/m0/s1. The third-order valence-electron chi connectivity index (χ3n) is 6.53. The predicted octanol–water partition coefficient (Wildman–Crippen LogP) is 4.66. The van der Waals surface area contributed by atoms with Crippen molar-refractivity contribution in [1.29, 1.82) is 0 Å². The molecule has 2 atom stereocenters. The maximum absolute atomic E-state index is 13.0. The Morgan fingerprint density at radius 3 is 2.50 bits per heavy atom. The number of hydrogen-bond donors (Lipinski definition) is 3. The average Bonchev–Trinajstić information content (AvgIpc) is 2.77. The maximum Gasteiger partial charge on any atom is 0.237 e. The van der Waals surface area contributed by atoms with Crippen LogP contribution in [-0.4, -0.2) is 17.1 Å². The molecule has 3 aromatic rings. The number of amides is 1. The molecule has 4 rings (SSSR count). The second kappa shape index (κ2) is 9.58. The molecule has 3 aromatic carbocycles. The number of phenols is 1. The van der Waals surface area contributed by atoms with Gasteiger partial charge in [0.05, 0.1) is 12.1 Å². The van der Waals surface area contributed by atoms with Gasteiger partial charge in [-0.05, 0) is 97.0 Å². The minimum Gasteiger partial charge on any atom is -0.508 e. The molecule has 0 saturated carbocycles. The second-order valence-corrected chi connectivity index (χ2v) is 9.02. The van der Waals surface area contributed by atoms with Gasteiger partial charge in [-0.3, -0.25) is 4.79 Å². The summed E-state index contributed by atoms with van der Waals surface area (Å²) in [6.07, 6.45) is 4.37. The van der Waals surface area contributed by atoms with Gasteiger partial charge in [0, 0.05) is 0 Å². The fraction of sp³-hybridized carbons (Fsp3) is 0.321. The van der Waals surface area contributed by atoms with Crippen molar-refractivity contribution < 1.29 is 9.90 Å². The van der Waals surface area contributed by atoms with Crippen molar-refractivity contribution in [2.75, 3.05) is 0 Å². The van der Waals surface area contributed by atoms with E-state index in [0.717, 1.165) is 42.4 Å². The van der Waals surface area contributed by atoms with Gasteiger partial charge in [0.15, 0.2) is 0 Å². The first-order valence-electron chi connectivity index (χ1n) is 11.4. The highest BCUT2D eigenvalue weighted by molar-refractivity contribution is 5.82. The second-order valence-electron chi connectivity index (χ2n) is 9.02. The van der Waals surface area contributed by atoms with Crippen LogP contribution in [0.25, 0.3) is 0 Å². The van der Waals surface area contributed by atoms with Gasteiger partial charge in [-0.15, -0.1) is 0 Å². The molecule has 4 heteroatoms. The zero-order valence-corrected chi connectivity index (χ0v) is 18.9. The first-order valence-corrected chi connectivity index (χ1v) is 11.4. The van der Waals surface area contributed by atoms with Gasteiger partial charge in [-0.1, -0.05) is 48.5 Å². The molecule has 4 nitrogen and oxygen atoms in total. The normalized spacial score (nSPS) is 16.3. The molecular weight excluding hydrogens is 396 g/mol. The zero-order valence-electron chi connectivity index (χ0n) is 18.9. The van der Waals surface area contributed by atoms with Gasteiger partial charge in [0.25, 0.3) is 0 Å². The van der Waals surface area contributed by atoms with Crippen molar-refractivity contribution >= 4 is 5.91 Å². The molecule has 0 aliphatic heterocycles. The fourth-order valence-corrected chi connectivity index (χ4v) is 4.82. The van der Waals surface area contributed by atoms with Crippen molar-refractivity contribution in [2.24, 2.45) is 5.73 Å². The van der Waals surface area contributed by atoms with Gasteiger partial charge in [-0.25, -0.2) is 0 Å². The molecule has 1 amide bonds. The van der Waals surface area contributed by atoms with E-state index in [0.29, 0.717) is 6.42 Å². The fourth-order valence-electron chi connectivity index (χ4n) is 4.82. The van der Waals surface area contributed by atoms with E-state index in [1.807, 2.05) is 19.9 Å². The Morgan fingerprint density at radius 2 is 1.78 bits per heavy atom. The van der Waals surface area contributed by atoms with Crippen LogP contribution in [0, 0.1) is 13.8 Å². The monoisotopic (exact) mass is 428 g/mol. The average molecular weight is 429 g/mol. The lowest BCUT2D eigenvalue weighted by Crippen LogP contribution is -2.44. The van der Waals surface area contributed by atoms with E-state index < -0.39 is 6.04 Å². The van der Waals surface area contributed by atoms with Crippen molar-refractivity contribution in [3.63, 3.8) is 0 Å². The number of aryl methyl sites for hydroxylation is 3. The van der Waals surface area contributed by atoms with Gasteiger partial charge in [0.2, 0.25) is 5.91 Å². The molecule has 1 aliphatic rings. The number of carbonyl (C=O) groups excluding carboxylic acids is 1. The topological polar surface area (TPSA) is 75.3 Å². The summed E-state index contributed by atoms with van der Waals surface area (Å²) in [5.74, 6) is 0.120. The van der Waals surface area contributed by atoms with E-state index >= 15 is 0 Å². The van der Waals surface area contributed by atoms with Gasteiger partial charge in [0.1, 0.15) is 5.75 Å². The highest BCUT2D eigenvalue weighted by atomic mass is 16.3. The third-order valence-corrected chi connectivity index (χ3v) is 6.53. The molecule has 0 fully saturated rings. The van der Waals surface area contributed by atoms with E-state index in [2.05, 4.69) is 47.8 Å². The molecule has 0 radical (unpaired) electrons. The van der Waals surface area contributed by atoms with E-state index in [9.17, 15) is 9.90 Å². The lowest BCUT2D eigenvalue weighted by atomic mass is 9.85. The molecule has 0 bridgehead atoms. The predicted molar refractivity (Wildman–Crippen MR) is 129 cm³/mol. The summed E-state index contributed by atoms with van der Waals surface area (Å²) in [5.41, 5.74) is 14.3. The lowest BCUT2D eigenvalue weighted by molar-refractivity contribution is -0.123. The summed E-state index contributed by atoms with van der Waals surface area (Å²) in [4.78, 5) is 13.0. The van der Waals surface area contributed by atoms with Gasteiger partial charge in [-0.2, -0.15) is 0 Å². The Kier molecular flexibility index (Phi) is 6.61. The van der Waals surface area contributed by atoms with Crippen LogP contribution in [0.4, 0.5) is 0 Å². The van der Waals surface area contributed by atoms with Crippen molar-refractivity contribution in [2.45, 2.75) is 58.0 Å². The van der Waals surface area contributed by atoms with Gasteiger partial charge < -0.3 is 16.2 Å². The summed E-state index contributed by atoms with van der Waals surface area (Å²) in [6, 6.07) is 19.9.